The maximum Gasteiger partial charge on any atom is 0.253 e. The van der Waals surface area contributed by atoms with Crippen molar-refractivity contribution in [3.8, 4) is 0 Å². The van der Waals surface area contributed by atoms with Crippen molar-refractivity contribution in [1.82, 2.24) is 5.32 Å². The summed E-state index contributed by atoms with van der Waals surface area (Å²) in [5.41, 5.74) is 2.23. The second kappa shape index (κ2) is 9.67. The first-order valence-electron chi connectivity index (χ1n) is 9.05. The van der Waals surface area contributed by atoms with Crippen LogP contribution in [0.25, 0.3) is 6.08 Å². The van der Waals surface area contributed by atoms with E-state index in [4.69, 9.17) is 0 Å². The van der Waals surface area contributed by atoms with E-state index in [2.05, 4.69) is 5.32 Å². The Morgan fingerprint density at radius 3 is 2.50 bits per heavy atom. The molecule has 142 valence electrons. The molecule has 1 heterocycles. The first kappa shape index (κ1) is 19.6. The van der Waals surface area contributed by atoms with E-state index in [1.165, 1.54) is 16.5 Å². The fourth-order valence-corrected chi connectivity index (χ4v) is 3.41. The van der Waals surface area contributed by atoms with Gasteiger partial charge >= 0.3 is 0 Å². The zero-order valence-corrected chi connectivity index (χ0v) is 16.5. The number of nitrogens with zero attached hydrogens (tertiary/aromatic N) is 1. The minimum atomic E-state index is -0.187. The minimum absolute atomic E-state index is 0.182. The van der Waals surface area contributed by atoms with Crippen LogP contribution in [-0.4, -0.2) is 25.4 Å². The lowest BCUT2D eigenvalue weighted by Gasteiger charge is -2.19. The molecular weight excluding hydrogens is 368 g/mol. The summed E-state index contributed by atoms with van der Waals surface area (Å²) in [6.07, 6.45) is 4.06. The molecule has 0 spiro atoms. The van der Waals surface area contributed by atoms with E-state index < -0.39 is 0 Å². The Morgan fingerprint density at radius 1 is 1.00 bits per heavy atom. The highest BCUT2D eigenvalue weighted by Gasteiger charge is 2.16. The average molecular weight is 391 g/mol. The van der Waals surface area contributed by atoms with Crippen molar-refractivity contribution in [2.45, 2.75) is 6.42 Å². The Morgan fingerprint density at radius 2 is 1.75 bits per heavy atom. The molecule has 0 bridgehead atoms. The lowest BCUT2D eigenvalue weighted by atomic mass is 10.1. The number of nitrogens with one attached hydrogen (secondary N) is 1. The molecule has 28 heavy (non-hydrogen) atoms. The monoisotopic (exact) mass is 390 g/mol. The number of rotatable bonds is 7. The summed E-state index contributed by atoms with van der Waals surface area (Å²) in [5, 5.41) is 4.90. The van der Waals surface area contributed by atoms with Crippen molar-refractivity contribution in [2.24, 2.45) is 0 Å². The van der Waals surface area contributed by atoms with Gasteiger partial charge in [0.1, 0.15) is 0 Å². The summed E-state index contributed by atoms with van der Waals surface area (Å²) < 4.78 is 0. The first-order valence-corrected chi connectivity index (χ1v) is 9.93. The number of thiophene rings is 1. The number of para-hydroxylation sites is 1. The van der Waals surface area contributed by atoms with Crippen LogP contribution >= 0.6 is 11.3 Å². The molecular formula is C23H22N2O2S. The number of hydrogen-bond donors (Lipinski definition) is 1. The molecule has 0 aliphatic heterocycles. The third-order valence-electron chi connectivity index (χ3n) is 4.32. The van der Waals surface area contributed by atoms with Gasteiger partial charge in [0.2, 0.25) is 0 Å². The van der Waals surface area contributed by atoms with Gasteiger partial charge in [0.15, 0.2) is 0 Å². The normalized spacial score (nSPS) is 10.8. The van der Waals surface area contributed by atoms with Crippen LogP contribution < -0.4 is 10.2 Å². The zero-order valence-electron chi connectivity index (χ0n) is 15.7. The number of hydrogen-bond acceptors (Lipinski definition) is 3. The van der Waals surface area contributed by atoms with Crippen LogP contribution in [0, 0.1) is 0 Å². The van der Waals surface area contributed by atoms with E-state index in [1.54, 1.807) is 42.7 Å². The molecule has 1 aromatic heterocycles. The molecule has 0 saturated heterocycles. The fourth-order valence-electron chi connectivity index (χ4n) is 2.79. The predicted molar refractivity (Wildman–Crippen MR) is 116 cm³/mol. The highest BCUT2D eigenvalue weighted by Crippen LogP contribution is 2.20. The van der Waals surface area contributed by atoms with E-state index in [0.29, 0.717) is 17.8 Å². The summed E-state index contributed by atoms with van der Waals surface area (Å²) >= 11 is 1.57. The number of benzene rings is 2. The molecule has 0 atom stereocenters. The van der Waals surface area contributed by atoms with Crippen LogP contribution in [0.1, 0.15) is 20.8 Å². The Labute approximate surface area is 169 Å². The molecule has 2 aromatic carbocycles. The molecule has 0 radical (unpaired) electrons. The van der Waals surface area contributed by atoms with Crippen LogP contribution in [0.2, 0.25) is 0 Å². The van der Waals surface area contributed by atoms with Gasteiger partial charge in [0.05, 0.1) is 11.3 Å². The maximum absolute atomic E-state index is 12.7. The van der Waals surface area contributed by atoms with E-state index >= 15 is 0 Å². The molecule has 0 fully saturated rings. The second-order valence-electron chi connectivity index (χ2n) is 6.25. The Bertz CT molecular complexity index is 950. The van der Waals surface area contributed by atoms with Gasteiger partial charge in [-0.15, -0.1) is 11.3 Å². The number of carbonyl (C=O) groups excluding carboxylic acids is 2. The van der Waals surface area contributed by atoms with Gasteiger partial charge in [-0.25, -0.2) is 0 Å². The minimum Gasteiger partial charge on any atom is -0.352 e. The van der Waals surface area contributed by atoms with Gasteiger partial charge in [0, 0.05) is 24.5 Å². The third-order valence-corrected chi connectivity index (χ3v) is 5.15. The molecule has 5 heteroatoms. The van der Waals surface area contributed by atoms with Crippen molar-refractivity contribution in [1.29, 1.82) is 0 Å². The molecule has 0 aliphatic carbocycles. The largest absolute Gasteiger partial charge is 0.352 e. The smallest absolute Gasteiger partial charge is 0.253 e. The SMILES string of the molecule is CN(C(=O)/C=C/c1cccs1)c1ccccc1C(=O)NCCc1ccccc1. The standard InChI is InChI=1S/C23H22N2O2S/c1-25(22(26)14-13-19-10-7-17-28-19)21-12-6-5-11-20(21)23(27)24-16-15-18-8-3-2-4-9-18/h2-14,17H,15-16H2,1H3,(H,24,27)/b14-13+. The Kier molecular flexibility index (Phi) is 6.76. The second-order valence-corrected chi connectivity index (χ2v) is 7.23. The van der Waals surface area contributed by atoms with E-state index in [0.717, 1.165) is 11.3 Å². The molecule has 3 aromatic rings. The van der Waals surface area contributed by atoms with Crippen LogP contribution in [0.5, 0.6) is 0 Å². The van der Waals surface area contributed by atoms with Crippen molar-refractivity contribution in [3.05, 3.63) is 94.2 Å². The predicted octanol–water partition coefficient (Wildman–Crippen LogP) is 4.40. The maximum atomic E-state index is 12.7. The van der Waals surface area contributed by atoms with Gasteiger partial charge < -0.3 is 10.2 Å². The van der Waals surface area contributed by atoms with Gasteiger partial charge in [-0.05, 0) is 41.6 Å². The molecule has 4 nitrogen and oxygen atoms in total. The van der Waals surface area contributed by atoms with Crippen molar-refractivity contribution >= 4 is 34.9 Å². The van der Waals surface area contributed by atoms with E-state index in [9.17, 15) is 9.59 Å². The quantitative estimate of drug-likeness (QED) is 0.608. The third kappa shape index (κ3) is 5.18. The van der Waals surface area contributed by atoms with E-state index in [1.807, 2.05) is 53.9 Å². The highest BCUT2D eigenvalue weighted by atomic mass is 32.1. The summed E-state index contributed by atoms with van der Waals surface area (Å²) in [6, 6.07) is 21.0. The molecule has 0 aliphatic rings. The van der Waals surface area contributed by atoms with Crippen molar-refractivity contribution < 1.29 is 9.59 Å². The average Bonchev–Trinajstić information content (AvgIpc) is 3.26. The number of anilines is 1. The molecule has 1 N–H and O–H groups in total. The molecule has 0 unspecified atom stereocenters. The summed E-state index contributed by atoms with van der Waals surface area (Å²) in [6.45, 7) is 0.535. The Balaban J connectivity index is 1.65. The zero-order chi connectivity index (χ0) is 19.8. The highest BCUT2D eigenvalue weighted by molar-refractivity contribution is 7.10. The number of amides is 2. The molecule has 3 rings (SSSR count). The lowest BCUT2D eigenvalue weighted by molar-refractivity contribution is -0.113. The van der Waals surface area contributed by atoms with Crippen LogP contribution in [0.3, 0.4) is 0 Å². The topological polar surface area (TPSA) is 49.4 Å². The number of carbonyl (C=O) groups is 2. The van der Waals surface area contributed by atoms with E-state index in [-0.39, 0.29) is 11.8 Å². The molecule has 2 amide bonds. The van der Waals surface area contributed by atoms with Gasteiger partial charge in [-0.3, -0.25) is 9.59 Å². The van der Waals surface area contributed by atoms with Crippen molar-refractivity contribution in [3.63, 3.8) is 0 Å². The molecule has 0 saturated carbocycles. The fraction of sp³-hybridized carbons (Fsp3) is 0.130. The van der Waals surface area contributed by atoms with Gasteiger partial charge in [-0.2, -0.15) is 0 Å². The first-order chi connectivity index (χ1) is 13.6. The van der Waals surface area contributed by atoms with Crippen molar-refractivity contribution in [2.75, 3.05) is 18.5 Å². The van der Waals surface area contributed by atoms with Gasteiger partial charge in [0.25, 0.3) is 11.8 Å². The lowest BCUT2D eigenvalue weighted by Crippen LogP contribution is -2.30. The van der Waals surface area contributed by atoms with Crippen LogP contribution in [0.4, 0.5) is 5.69 Å². The summed E-state index contributed by atoms with van der Waals surface area (Å²) in [4.78, 5) is 27.7. The number of likely N-dealkylation sites (N-methyl/N-ethyl adjacent to an activating group) is 1. The summed E-state index contributed by atoms with van der Waals surface area (Å²) in [5.74, 6) is -0.369. The van der Waals surface area contributed by atoms with Crippen LogP contribution in [0.15, 0.2) is 78.2 Å². The van der Waals surface area contributed by atoms with Gasteiger partial charge in [-0.1, -0.05) is 48.5 Å². The van der Waals surface area contributed by atoms with Crippen LogP contribution in [-0.2, 0) is 11.2 Å². The summed E-state index contributed by atoms with van der Waals surface area (Å²) in [7, 11) is 1.68. The Hall–Kier alpha value is -3.18.